The topological polar surface area (TPSA) is 26.9 Å². The Bertz CT molecular complexity index is 1880. The van der Waals surface area contributed by atoms with Crippen LogP contribution in [0.4, 0.5) is 0 Å². The third-order valence-electron chi connectivity index (χ3n) is 7.40. The first kappa shape index (κ1) is 20.7. The third kappa shape index (κ3) is 2.83. The lowest BCUT2D eigenvalue weighted by atomic mass is 10.0. The number of carbonyl (C=O) groups excluding carboxylic acids is 1. The quantitative estimate of drug-likeness (QED) is 0.241. The number of fused-ring (bicyclic) bond motifs is 6. The van der Waals surface area contributed by atoms with E-state index in [-0.39, 0.29) is 5.78 Å². The standard InChI is InChI=1S/C33H24N2O/c1-21-28(22(2)36)19-23(34-29-15-7-3-11-24(29)25-12-4-8-16-30(25)34)20-33(21)35-31-17-9-5-13-26(31)27-14-6-10-18-32(27)35/h3-20H,1-2H3. The highest BCUT2D eigenvalue weighted by Gasteiger charge is 2.19. The first-order chi connectivity index (χ1) is 17.6. The number of para-hydroxylation sites is 4. The fourth-order valence-electron chi connectivity index (χ4n) is 5.79. The number of aromatic nitrogens is 2. The van der Waals surface area contributed by atoms with E-state index in [2.05, 4.69) is 119 Å². The molecule has 36 heavy (non-hydrogen) atoms. The van der Waals surface area contributed by atoms with Crippen LogP contribution >= 0.6 is 0 Å². The van der Waals surface area contributed by atoms with E-state index in [9.17, 15) is 4.79 Å². The molecule has 5 aromatic carbocycles. The highest BCUT2D eigenvalue weighted by molar-refractivity contribution is 6.11. The van der Waals surface area contributed by atoms with Crippen LogP contribution in [0.5, 0.6) is 0 Å². The molecule has 0 unspecified atom stereocenters. The molecule has 0 aliphatic carbocycles. The van der Waals surface area contributed by atoms with E-state index in [1.165, 1.54) is 21.5 Å². The molecule has 0 amide bonds. The Labute approximate surface area is 208 Å². The molecule has 3 heteroatoms. The number of carbonyl (C=O) groups is 1. The molecule has 0 bridgehead atoms. The van der Waals surface area contributed by atoms with E-state index >= 15 is 0 Å². The molecule has 3 nitrogen and oxygen atoms in total. The normalized spacial score (nSPS) is 11.7. The van der Waals surface area contributed by atoms with Crippen LogP contribution in [0.2, 0.25) is 0 Å². The molecule has 0 fully saturated rings. The molecule has 7 rings (SSSR count). The third-order valence-corrected chi connectivity index (χ3v) is 7.40. The molecule has 0 aliphatic heterocycles. The Morgan fingerprint density at radius 3 is 1.36 bits per heavy atom. The molecular weight excluding hydrogens is 440 g/mol. The Balaban J connectivity index is 1.64. The van der Waals surface area contributed by atoms with Crippen molar-refractivity contribution in [2.75, 3.05) is 0 Å². The number of rotatable bonds is 3. The number of hydrogen-bond acceptors (Lipinski definition) is 1. The highest BCUT2D eigenvalue weighted by Crippen LogP contribution is 2.37. The molecular formula is C33H24N2O. The van der Waals surface area contributed by atoms with Gasteiger partial charge in [0.15, 0.2) is 5.78 Å². The largest absolute Gasteiger partial charge is 0.309 e. The van der Waals surface area contributed by atoms with Crippen molar-refractivity contribution in [2.45, 2.75) is 13.8 Å². The van der Waals surface area contributed by atoms with Gasteiger partial charge in [-0.2, -0.15) is 0 Å². The average Bonchev–Trinajstić information content (AvgIpc) is 3.42. The van der Waals surface area contributed by atoms with Gasteiger partial charge in [-0.3, -0.25) is 4.79 Å². The van der Waals surface area contributed by atoms with Gasteiger partial charge in [-0.25, -0.2) is 0 Å². The lowest BCUT2D eigenvalue weighted by Gasteiger charge is -2.18. The predicted molar refractivity (Wildman–Crippen MR) is 150 cm³/mol. The number of Topliss-reactive ketones (excluding diaryl/α,β-unsaturated/α-hetero) is 1. The molecule has 2 heterocycles. The van der Waals surface area contributed by atoms with Crippen LogP contribution in [0, 0.1) is 6.92 Å². The zero-order chi connectivity index (χ0) is 24.4. The first-order valence-electron chi connectivity index (χ1n) is 12.3. The molecule has 0 radical (unpaired) electrons. The van der Waals surface area contributed by atoms with Crippen molar-refractivity contribution >= 4 is 49.4 Å². The highest BCUT2D eigenvalue weighted by atomic mass is 16.1. The van der Waals surface area contributed by atoms with Gasteiger partial charge in [-0.1, -0.05) is 72.8 Å². The fraction of sp³-hybridized carbons (Fsp3) is 0.0606. The summed E-state index contributed by atoms with van der Waals surface area (Å²) in [6, 6.07) is 38.2. The molecule has 7 aromatic rings. The smallest absolute Gasteiger partial charge is 0.160 e. The fourth-order valence-corrected chi connectivity index (χ4v) is 5.79. The number of ketones is 1. The van der Waals surface area contributed by atoms with E-state index in [1.54, 1.807) is 6.92 Å². The number of benzene rings is 5. The summed E-state index contributed by atoms with van der Waals surface area (Å²) < 4.78 is 4.59. The summed E-state index contributed by atoms with van der Waals surface area (Å²) in [6.45, 7) is 3.72. The lowest BCUT2D eigenvalue weighted by molar-refractivity contribution is 0.101. The van der Waals surface area contributed by atoms with Gasteiger partial charge in [-0.15, -0.1) is 0 Å². The van der Waals surface area contributed by atoms with Crippen LogP contribution in [-0.4, -0.2) is 14.9 Å². The van der Waals surface area contributed by atoms with Crippen molar-refractivity contribution in [1.29, 1.82) is 0 Å². The summed E-state index contributed by atoms with van der Waals surface area (Å²) in [5, 5.41) is 4.83. The number of hydrogen-bond donors (Lipinski definition) is 0. The average molecular weight is 465 g/mol. The van der Waals surface area contributed by atoms with Gasteiger partial charge in [0, 0.05) is 32.8 Å². The predicted octanol–water partition coefficient (Wildman–Crippen LogP) is 8.39. The summed E-state index contributed by atoms with van der Waals surface area (Å²) in [5.74, 6) is 0.0668. The molecule has 172 valence electrons. The van der Waals surface area contributed by atoms with Crippen LogP contribution in [0.25, 0.3) is 55.0 Å². The maximum absolute atomic E-state index is 12.9. The zero-order valence-electron chi connectivity index (χ0n) is 20.2. The molecule has 2 aromatic heterocycles. The van der Waals surface area contributed by atoms with E-state index in [4.69, 9.17) is 0 Å². The van der Waals surface area contributed by atoms with Gasteiger partial charge in [0.05, 0.1) is 27.8 Å². The summed E-state index contributed by atoms with van der Waals surface area (Å²) >= 11 is 0. The summed E-state index contributed by atoms with van der Waals surface area (Å²) in [6.07, 6.45) is 0. The Morgan fingerprint density at radius 2 is 0.944 bits per heavy atom. The maximum atomic E-state index is 12.9. The van der Waals surface area contributed by atoms with Crippen molar-refractivity contribution in [3.05, 3.63) is 120 Å². The molecule has 0 aliphatic rings. The molecule has 0 atom stereocenters. The number of nitrogens with zero attached hydrogens (tertiary/aromatic N) is 2. The summed E-state index contributed by atoms with van der Waals surface area (Å²) in [4.78, 5) is 12.9. The van der Waals surface area contributed by atoms with Gasteiger partial charge in [-0.05, 0) is 55.8 Å². The zero-order valence-corrected chi connectivity index (χ0v) is 20.2. The van der Waals surface area contributed by atoms with Crippen molar-refractivity contribution < 1.29 is 4.79 Å². The van der Waals surface area contributed by atoms with Gasteiger partial charge in [0.2, 0.25) is 0 Å². The minimum atomic E-state index is 0.0668. The van der Waals surface area contributed by atoms with E-state index in [0.29, 0.717) is 0 Å². The molecule has 0 saturated carbocycles. The Morgan fingerprint density at radius 1 is 0.556 bits per heavy atom. The molecule has 0 spiro atoms. The Kier molecular flexibility index (Phi) is 4.43. The van der Waals surface area contributed by atoms with Crippen LogP contribution < -0.4 is 0 Å². The maximum Gasteiger partial charge on any atom is 0.160 e. The second kappa shape index (κ2) is 7.69. The van der Waals surface area contributed by atoms with E-state index < -0.39 is 0 Å². The molecule has 0 saturated heterocycles. The van der Waals surface area contributed by atoms with E-state index in [1.807, 2.05) is 6.07 Å². The van der Waals surface area contributed by atoms with Gasteiger partial charge in [0.25, 0.3) is 0 Å². The van der Waals surface area contributed by atoms with Crippen LogP contribution in [-0.2, 0) is 0 Å². The minimum Gasteiger partial charge on any atom is -0.309 e. The van der Waals surface area contributed by atoms with Crippen molar-refractivity contribution in [3.8, 4) is 11.4 Å². The minimum absolute atomic E-state index is 0.0668. The van der Waals surface area contributed by atoms with Crippen LogP contribution in [0.1, 0.15) is 22.8 Å². The Hall–Kier alpha value is -4.63. The second-order valence-electron chi connectivity index (χ2n) is 9.43. The van der Waals surface area contributed by atoms with Crippen molar-refractivity contribution in [1.82, 2.24) is 9.13 Å². The molecule has 0 N–H and O–H groups in total. The van der Waals surface area contributed by atoms with Gasteiger partial charge < -0.3 is 9.13 Å². The van der Waals surface area contributed by atoms with Gasteiger partial charge >= 0.3 is 0 Å². The lowest BCUT2D eigenvalue weighted by Crippen LogP contribution is -2.07. The summed E-state index contributed by atoms with van der Waals surface area (Å²) in [7, 11) is 0. The monoisotopic (exact) mass is 464 g/mol. The van der Waals surface area contributed by atoms with Crippen LogP contribution in [0.15, 0.2) is 109 Å². The van der Waals surface area contributed by atoms with Crippen molar-refractivity contribution in [3.63, 3.8) is 0 Å². The van der Waals surface area contributed by atoms with Crippen molar-refractivity contribution in [2.24, 2.45) is 0 Å². The van der Waals surface area contributed by atoms with E-state index in [0.717, 1.165) is 44.6 Å². The van der Waals surface area contributed by atoms with Crippen LogP contribution in [0.3, 0.4) is 0 Å². The first-order valence-corrected chi connectivity index (χ1v) is 12.3. The van der Waals surface area contributed by atoms with Gasteiger partial charge in [0.1, 0.15) is 0 Å². The summed E-state index contributed by atoms with van der Waals surface area (Å²) in [5.41, 5.74) is 8.27. The second-order valence-corrected chi connectivity index (χ2v) is 9.43. The SMILES string of the molecule is CC(=O)c1cc(-n2c3ccccc3c3ccccc32)cc(-n2c3ccccc3c3ccccc32)c1C.